The summed E-state index contributed by atoms with van der Waals surface area (Å²) >= 11 is 0. The van der Waals surface area contributed by atoms with Crippen LogP contribution >= 0.6 is 0 Å². The van der Waals surface area contributed by atoms with E-state index < -0.39 is 0 Å². The number of ketones is 1. The number of hydrogen-bond donors (Lipinski definition) is 1. The van der Waals surface area contributed by atoms with Crippen LogP contribution < -0.4 is 5.32 Å². The van der Waals surface area contributed by atoms with Crippen molar-refractivity contribution in [3.63, 3.8) is 0 Å². The summed E-state index contributed by atoms with van der Waals surface area (Å²) in [6.07, 6.45) is 1.83. The average molecular weight is 171 g/mol. The van der Waals surface area contributed by atoms with E-state index >= 15 is 0 Å². The van der Waals surface area contributed by atoms with Crippen LogP contribution in [0, 0.1) is 11.8 Å². The fraction of sp³-hybridized carbons (Fsp3) is 0.900. The zero-order valence-electron chi connectivity index (χ0n) is 8.68. The van der Waals surface area contributed by atoms with Crippen LogP contribution in [0.4, 0.5) is 0 Å². The topological polar surface area (TPSA) is 29.1 Å². The first kappa shape index (κ1) is 11.6. The van der Waals surface area contributed by atoms with Crippen LogP contribution in [0.25, 0.3) is 0 Å². The lowest BCUT2D eigenvalue weighted by atomic mass is 9.95. The third-order valence-corrected chi connectivity index (χ3v) is 2.31. The Morgan fingerprint density at radius 2 is 2.00 bits per heavy atom. The zero-order chi connectivity index (χ0) is 9.56. The van der Waals surface area contributed by atoms with Crippen LogP contribution in [-0.2, 0) is 4.79 Å². The first-order chi connectivity index (χ1) is 5.61. The summed E-state index contributed by atoms with van der Waals surface area (Å²) in [5, 5.41) is 3.02. The molecule has 0 aliphatic rings. The maximum absolute atomic E-state index is 11.5. The number of rotatable bonds is 6. The molecule has 2 heteroatoms. The summed E-state index contributed by atoms with van der Waals surface area (Å²) in [5.41, 5.74) is 0. The van der Waals surface area contributed by atoms with E-state index in [0.29, 0.717) is 11.7 Å². The second kappa shape index (κ2) is 6.18. The van der Waals surface area contributed by atoms with Gasteiger partial charge in [-0.05, 0) is 13.0 Å². The molecule has 2 unspecified atom stereocenters. The smallest absolute Gasteiger partial charge is 0.137 e. The molecule has 72 valence electrons. The van der Waals surface area contributed by atoms with Crippen LogP contribution in [0.2, 0.25) is 0 Å². The Kier molecular flexibility index (Phi) is 5.99. The Hall–Kier alpha value is -0.370. The molecular weight excluding hydrogens is 150 g/mol. The summed E-state index contributed by atoms with van der Waals surface area (Å²) < 4.78 is 0. The first-order valence-electron chi connectivity index (χ1n) is 4.79. The van der Waals surface area contributed by atoms with E-state index in [9.17, 15) is 4.79 Å². The minimum Gasteiger partial charge on any atom is -0.319 e. The predicted octanol–water partition coefficient (Wildman–Crippen LogP) is 1.85. The van der Waals surface area contributed by atoms with Gasteiger partial charge in [0.05, 0.1) is 0 Å². The molecule has 0 aliphatic carbocycles. The third kappa shape index (κ3) is 4.50. The maximum Gasteiger partial charge on any atom is 0.137 e. The highest BCUT2D eigenvalue weighted by molar-refractivity contribution is 5.81. The summed E-state index contributed by atoms with van der Waals surface area (Å²) in [5.74, 6) is 1.10. The summed E-state index contributed by atoms with van der Waals surface area (Å²) in [6, 6.07) is 0. The van der Waals surface area contributed by atoms with Crippen molar-refractivity contribution in [1.82, 2.24) is 5.32 Å². The molecule has 0 saturated heterocycles. The van der Waals surface area contributed by atoms with Crippen LogP contribution in [0.5, 0.6) is 0 Å². The lowest BCUT2D eigenvalue weighted by Gasteiger charge is -2.12. The van der Waals surface area contributed by atoms with Crippen molar-refractivity contribution in [2.75, 3.05) is 13.6 Å². The van der Waals surface area contributed by atoms with Crippen molar-refractivity contribution in [2.45, 2.75) is 33.6 Å². The number of Topliss-reactive ketones (excluding diaryl/α,β-unsaturated/α-hetero) is 1. The van der Waals surface area contributed by atoms with E-state index in [1.54, 1.807) is 0 Å². The van der Waals surface area contributed by atoms with Gasteiger partial charge in [0.15, 0.2) is 0 Å². The van der Waals surface area contributed by atoms with E-state index in [-0.39, 0.29) is 5.92 Å². The molecule has 0 spiro atoms. The Balaban J connectivity index is 3.70. The maximum atomic E-state index is 11.5. The van der Waals surface area contributed by atoms with Crippen molar-refractivity contribution in [1.29, 1.82) is 0 Å². The monoisotopic (exact) mass is 171 g/mol. The standard InChI is InChI=1S/C10H21NO/c1-5-8(2)6-10(12)9(3)7-11-4/h8-9,11H,5-7H2,1-4H3. The Morgan fingerprint density at radius 3 is 2.42 bits per heavy atom. The molecule has 0 fully saturated rings. The number of nitrogens with one attached hydrogen (secondary N) is 1. The molecule has 2 nitrogen and oxygen atoms in total. The summed E-state index contributed by atoms with van der Waals surface area (Å²) in [6.45, 7) is 7.04. The molecule has 0 rings (SSSR count). The van der Waals surface area contributed by atoms with Gasteiger partial charge >= 0.3 is 0 Å². The second-order valence-corrected chi connectivity index (χ2v) is 3.64. The second-order valence-electron chi connectivity index (χ2n) is 3.64. The van der Waals surface area contributed by atoms with E-state index in [2.05, 4.69) is 19.2 Å². The molecule has 2 atom stereocenters. The van der Waals surface area contributed by atoms with E-state index in [1.165, 1.54) is 0 Å². The molecule has 0 saturated carbocycles. The van der Waals surface area contributed by atoms with Crippen molar-refractivity contribution in [2.24, 2.45) is 11.8 Å². The Morgan fingerprint density at radius 1 is 1.42 bits per heavy atom. The van der Waals surface area contributed by atoms with Gasteiger partial charge in [0.2, 0.25) is 0 Å². The molecule has 0 aliphatic heterocycles. The van der Waals surface area contributed by atoms with Gasteiger partial charge in [-0.25, -0.2) is 0 Å². The molecule has 12 heavy (non-hydrogen) atoms. The largest absolute Gasteiger partial charge is 0.319 e. The first-order valence-corrected chi connectivity index (χ1v) is 4.79. The van der Waals surface area contributed by atoms with E-state index in [4.69, 9.17) is 0 Å². The minimum atomic E-state index is 0.170. The molecule has 0 radical (unpaired) electrons. The lowest BCUT2D eigenvalue weighted by molar-refractivity contribution is -0.123. The number of carbonyl (C=O) groups is 1. The van der Waals surface area contributed by atoms with E-state index in [1.807, 2.05) is 14.0 Å². The fourth-order valence-electron chi connectivity index (χ4n) is 1.11. The minimum absolute atomic E-state index is 0.170. The van der Waals surface area contributed by atoms with Crippen molar-refractivity contribution >= 4 is 5.78 Å². The van der Waals surface area contributed by atoms with Gasteiger partial charge in [-0.1, -0.05) is 27.2 Å². The highest BCUT2D eigenvalue weighted by Gasteiger charge is 2.13. The van der Waals surface area contributed by atoms with E-state index in [0.717, 1.165) is 19.4 Å². The van der Waals surface area contributed by atoms with Crippen LogP contribution in [-0.4, -0.2) is 19.4 Å². The summed E-state index contributed by atoms with van der Waals surface area (Å²) in [7, 11) is 1.88. The highest BCUT2D eigenvalue weighted by Crippen LogP contribution is 2.10. The molecule has 0 aromatic carbocycles. The summed E-state index contributed by atoms with van der Waals surface area (Å²) in [4.78, 5) is 11.5. The van der Waals surface area contributed by atoms with Gasteiger partial charge in [0, 0.05) is 18.9 Å². The molecule has 0 amide bonds. The fourth-order valence-corrected chi connectivity index (χ4v) is 1.11. The van der Waals surface area contributed by atoms with Gasteiger partial charge in [0.1, 0.15) is 5.78 Å². The van der Waals surface area contributed by atoms with Gasteiger partial charge in [0.25, 0.3) is 0 Å². The van der Waals surface area contributed by atoms with Crippen LogP contribution in [0.15, 0.2) is 0 Å². The Bertz CT molecular complexity index is 134. The number of hydrogen-bond acceptors (Lipinski definition) is 2. The van der Waals surface area contributed by atoms with Gasteiger partial charge in [-0.2, -0.15) is 0 Å². The molecular formula is C10H21NO. The molecule has 1 N–H and O–H groups in total. The molecule has 0 bridgehead atoms. The third-order valence-electron chi connectivity index (χ3n) is 2.31. The van der Waals surface area contributed by atoms with Gasteiger partial charge in [-0.3, -0.25) is 4.79 Å². The SMILES string of the molecule is CCC(C)CC(=O)C(C)CNC. The Labute approximate surface area is 75.7 Å². The lowest BCUT2D eigenvalue weighted by Crippen LogP contribution is -2.24. The quantitative estimate of drug-likeness (QED) is 0.660. The normalized spacial score (nSPS) is 15.7. The van der Waals surface area contributed by atoms with Crippen molar-refractivity contribution in [3.8, 4) is 0 Å². The van der Waals surface area contributed by atoms with Crippen molar-refractivity contribution in [3.05, 3.63) is 0 Å². The van der Waals surface area contributed by atoms with Crippen LogP contribution in [0.1, 0.15) is 33.6 Å². The molecule has 0 aromatic rings. The predicted molar refractivity (Wildman–Crippen MR) is 52.2 cm³/mol. The zero-order valence-corrected chi connectivity index (χ0v) is 8.68. The highest BCUT2D eigenvalue weighted by atomic mass is 16.1. The molecule has 0 heterocycles. The van der Waals surface area contributed by atoms with Crippen LogP contribution in [0.3, 0.4) is 0 Å². The average Bonchev–Trinajstić information content (AvgIpc) is 2.04. The van der Waals surface area contributed by atoms with Gasteiger partial charge in [-0.15, -0.1) is 0 Å². The number of carbonyl (C=O) groups excluding carboxylic acids is 1. The molecule has 0 aromatic heterocycles. The van der Waals surface area contributed by atoms with Crippen molar-refractivity contribution < 1.29 is 4.79 Å². The van der Waals surface area contributed by atoms with Gasteiger partial charge < -0.3 is 5.32 Å².